The van der Waals surface area contributed by atoms with E-state index in [2.05, 4.69) is 15.6 Å². The summed E-state index contributed by atoms with van der Waals surface area (Å²) in [5.41, 5.74) is 2.90. The van der Waals surface area contributed by atoms with Crippen molar-refractivity contribution < 1.29 is 9.59 Å². The number of anilines is 2. The smallest absolute Gasteiger partial charge is 0.263 e. The summed E-state index contributed by atoms with van der Waals surface area (Å²) in [4.78, 5) is 39.8. The Bertz CT molecular complexity index is 1140. The van der Waals surface area contributed by atoms with Gasteiger partial charge in [0.05, 0.1) is 11.3 Å². The molecule has 0 aliphatic carbocycles. The van der Waals surface area contributed by atoms with Gasteiger partial charge < -0.3 is 20.2 Å². The first-order chi connectivity index (χ1) is 13.0. The molecule has 0 saturated heterocycles. The van der Waals surface area contributed by atoms with Gasteiger partial charge >= 0.3 is 0 Å². The fraction of sp³-hybridized carbons (Fsp3) is 0.0500. The van der Waals surface area contributed by atoms with Gasteiger partial charge in [-0.2, -0.15) is 0 Å². The monoisotopic (exact) mass is 360 g/mol. The summed E-state index contributed by atoms with van der Waals surface area (Å²) in [5, 5.41) is 5.50. The summed E-state index contributed by atoms with van der Waals surface area (Å²) >= 11 is 0. The number of nitrogens with zero attached hydrogens (tertiary/aromatic N) is 1. The molecule has 0 unspecified atom stereocenters. The van der Waals surface area contributed by atoms with E-state index in [1.807, 2.05) is 12.1 Å². The molecule has 0 spiro atoms. The van der Waals surface area contributed by atoms with Crippen LogP contribution in [0.2, 0.25) is 0 Å². The lowest BCUT2D eigenvalue weighted by atomic mass is 10.1. The Hall–Kier alpha value is -3.87. The largest absolute Gasteiger partial charge is 0.362 e. The average molecular weight is 360 g/mol. The van der Waals surface area contributed by atoms with E-state index in [1.54, 1.807) is 49.8 Å². The number of benzene rings is 1. The van der Waals surface area contributed by atoms with Gasteiger partial charge in [-0.05, 0) is 42.5 Å². The Morgan fingerprint density at radius 1 is 1.15 bits per heavy atom. The van der Waals surface area contributed by atoms with Crippen LogP contribution in [0.25, 0.3) is 11.6 Å². The lowest BCUT2D eigenvalue weighted by molar-refractivity contribution is -0.110. The van der Waals surface area contributed by atoms with Gasteiger partial charge in [-0.1, -0.05) is 6.07 Å². The van der Waals surface area contributed by atoms with Crippen molar-refractivity contribution in [3.05, 3.63) is 82.0 Å². The number of aromatic nitrogens is 2. The third kappa shape index (κ3) is 3.06. The SMILES string of the molecule is Cn1cccc(C(=O)Nc2ccc3c(c2)NC(=O)/C3=C\c2ccc[nH]2)c1=O. The molecule has 3 heterocycles. The topological polar surface area (TPSA) is 96.0 Å². The lowest BCUT2D eigenvalue weighted by Gasteiger charge is -2.07. The second kappa shape index (κ2) is 6.45. The first kappa shape index (κ1) is 16.6. The average Bonchev–Trinajstić information content (AvgIpc) is 3.25. The van der Waals surface area contributed by atoms with Crippen LogP contribution >= 0.6 is 0 Å². The van der Waals surface area contributed by atoms with E-state index in [0.717, 1.165) is 11.3 Å². The fourth-order valence-corrected chi connectivity index (χ4v) is 2.97. The van der Waals surface area contributed by atoms with Crippen molar-refractivity contribution >= 4 is 34.8 Å². The van der Waals surface area contributed by atoms with Crippen LogP contribution in [0.5, 0.6) is 0 Å². The predicted molar refractivity (Wildman–Crippen MR) is 103 cm³/mol. The van der Waals surface area contributed by atoms with Gasteiger partial charge in [0.2, 0.25) is 0 Å². The van der Waals surface area contributed by atoms with Gasteiger partial charge in [0, 0.05) is 36.4 Å². The van der Waals surface area contributed by atoms with Crippen molar-refractivity contribution in [1.82, 2.24) is 9.55 Å². The highest BCUT2D eigenvalue weighted by Gasteiger charge is 2.24. The maximum Gasteiger partial charge on any atom is 0.263 e. The molecule has 3 N–H and O–H groups in total. The molecule has 1 aromatic carbocycles. The van der Waals surface area contributed by atoms with Crippen LogP contribution < -0.4 is 16.2 Å². The zero-order valence-corrected chi connectivity index (χ0v) is 14.4. The molecule has 0 atom stereocenters. The van der Waals surface area contributed by atoms with E-state index in [9.17, 15) is 14.4 Å². The molecular weight excluding hydrogens is 344 g/mol. The Labute approximate surface area is 154 Å². The molecule has 0 saturated carbocycles. The van der Waals surface area contributed by atoms with Crippen LogP contribution in [0.15, 0.2) is 59.7 Å². The number of pyridine rings is 1. The van der Waals surface area contributed by atoms with E-state index < -0.39 is 5.91 Å². The Kier molecular flexibility index (Phi) is 3.97. The highest BCUT2D eigenvalue weighted by atomic mass is 16.2. The molecule has 0 radical (unpaired) electrons. The van der Waals surface area contributed by atoms with Crippen LogP contribution in [-0.4, -0.2) is 21.4 Å². The highest BCUT2D eigenvalue weighted by molar-refractivity contribution is 6.35. The summed E-state index contributed by atoms with van der Waals surface area (Å²) in [7, 11) is 1.59. The molecule has 7 heteroatoms. The second-order valence-electron chi connectivity index (χ2n) is 6.19. The first-order valence-electron chi connectivity index (χ1n) is 8.31. The van der Waals surface area contributed by atoms with E-state index in [0.29, 0.717) is 16.9 Å². The number of aryl methyl sites for hydroxylation is 1. The normalized spacial score (nSPS) is 14.1. The molecule has 7 nitrogen and oxygen atoms in total. The second-order valence-corrected chi connectivity index (χ2v) is 6.19. The highest BCUT2D eigenvalue weighted by Crippen LogP contribution is 2.34. The van der Waals surface area contributed by atoms with Crippen LogP contribution in [0.4, 0.5) is 11.4 Å². The Morgan fingerprint density at radius 3 is 2.78 bits per heavy atom. The standard InChI is InChI=1S/C20H16N4O3/c1-24-9-3-5-15(20(24)27)18(25)22-13-6-7-14-16(10-12-4-2-8-21-12)19(26)23-17(14)11-13/h2-11,21H,1H3,(H,22,25)(H,23,26)/b16-10-. The van der Waals surface area contributed by atoms with Crippen LogP contribution in [-0.2, 0) is 11.8 Å². The molecule has 134 valence electrons. The summed E-state index contributed by atoms with van der Waals surface area (Å²) in [6, 6.07) is 12.0. The molecule has 27 heavy (non-hydrogen) atoms. The maximum atomic E-state index is 12.4. The van der Waals surface area contributed by atoms with Crippen LogP contribution in [0, 0.1) is 0 Å². The summed E-state index contributed by atoms with van der Waals surface area (Å²) in [5.74, 6) is -0.706. The number of carbonyl (C=O) groups excluding carboxylic acids is 2. The zero-order valence-electron chi connectivity index (χ0n) is 14.4. The van der Waals surface area contributed by atoms with Crippen molar-refractivity contribution in [2.45, 2.75) is 0 Å². The molecule has 0 fully saturated rings. The maximum absolute atomic E-state index is 12.4. The number of fused-ring (bicyclic) bond motifs is 1. The quantitative estimate of drug-likeness (QED) is 0.626. The molecule has 2 aromatic heterocycles. The Balaban J connectivity index is 1.62. The van der Waals surface area contributed by atoms with Gasteiger partial charge in [-0.25, -0.2) is 0 Å². The van der Waals surface area contributed by atoms with Gasteiger partial charge in [0.1, 0.15) is 5.56 Å². The van der Waals surface area contributed by atoms with Gasteiger partial charge in [-0.3, -0.25) is 14.4 Å². The van der Waals surface area contributed by atoms with Crippen molar-refractivity contribution in [2.24, 2.45) is 7.05 Å². The molecule has 2 amide bonds. The predicted octanol–water partition coefficient (Wildman–Crippen LogP) is 2.46. The minimum Gasteiger partial charge on any atom is -0.362 e. The summed E-state index contributed by atoms with van der Waals surface area (Å²) in [6.07, 6.45) is 5.14. The van der Waals surface area contributed by atoms with Crippen LogP contribution in [0.3, 0.4) is 0 Å². The lowest BCUT2D eigenvalue weighted by Crippen LogP contribution is -2.27. The summed E-state index contributed by atoms with van der Waals surface area (Å²) < 4.78 is 1.34. The fourth-order valence-electron chi connectivity index (χ4n) is 2.97. The number of hydrogen-bond acceptors (Lipinski definition) is 3. The van der Waals surface area contributed by atoms with Crippen molar-refractivity contribution in [3.63, 3.8) is 0 Å². The zero-order chi connectivity index (χ0) is 19.0. The first-order valence-corrected chi connectivity index (χ1v) is 8.31. The number of aromatic amines is 1. The third-order valence-electron chi connectivity index (χ3n) is 4.35. The molecule has 1 aliphatic rings. The molecule has 3 aromatic rings. The number of H-pyrrole nitrogens is 1. The Morgan fingerprint density at radius 2 is 2.00 bits per heavy atom. The van der Waals surface area contributed by atoms with Crippen LogP contribution in [0.1, 0.15) is 21.6 Å². The van der Waals surface area contributed by atoms with E-state index >= 15 is 0 Å². The number of nitrogens with one attached hydrogen (secondary N) is 3. The van der Waals surface area contributed by atoms with Crippen molar-refractivity contribution in [3.8, 4) is 0 Å². The molecule has 4 rings (SSSR count). The van der Waals surface area contributed by atoms with Gasteiger partial charge in [0.25, 0.3) is 17.4 Å². The summed E-state index contributed by atoms with van der Waals surface area (Å²) in [6.45, 7) is 0. The van der Waals surface area contributed by atoms with E-state index in [-0.39, 0.29) is 17.0 Å². The molecular formula is C20H16N4O3. The number of rotatable bonds is 3. The van der Waals surface area contributed by atoms with Gasteiger partial charge in [0.15, 0.2) is 0 Å². The third-order valence-corrected chi connectivity index (χ3v) is 4.35. The minimum atomic E-state index is -0.498. The van der Waals surface area contributed by atoms with E-state index in [4.69, 9.17) is 0 Å². The number of amides is 2. The molecule has 1 aliphatic heterocycles. The van der Waals surface area contributed by atoms with Gasteiger partial charge in [-0.15, -0.1) is 0 Å². The number of hydrogen-bond donors (Lipinski definition) is 3. The molecule has 0 bridgehead atoms. The van der Waals surface area contributed by atoms with Crippen molar-refractivity contribution in [2.75, 3.05) is 10.6 Å². The number of carbonyl (C=O) groups is 2. The van der Waals surface area contributed by atoms with E-state index in [1.165, 1.54) is 10.6 Å². The van der Waals surface area contributed by atoms with Crippen molar-refractivity contribution in [1.29, 1.82) is 0 Å². The minimum absolute atomic E-state index is 0.0527.